The van der Waals surface area contributed by atoms with Gasteiger partial charge in [0.25, 0.3) is 5.56 Å². The number of guanidine groups is 1. The molecule has 0 saturated heterocycles. The summed E-state index contributed by atoms with van der Waals surface area (Å²) in [7, 11) is 0. The Morgan fingerprint density at radius 3 is 2.81 bits per heavy atom. The molecular weight excluding hydrogens is 508 g/mol. The van der Waals surface area contributed by atoms with Gasteiger partial charge in [0.1, 0.15) is 5.82 Å². The van der Waals surface area contributed by atoms with Gasteiger partial charge in [-0.2, -0.15) is 0 Å². The molecule has 0 aliphatic rings. The second-order valence-electron chi connectivity index (χ2n) is 7.31. The summed E-state index contributed by atoms with van der Waals surface area (Å²) in [6.07, 6.45) is 4.56. The monoisotopic (exact) mass is 539 g/mol. The minimum Gasteiger partial charge on any atom is -0.361 e. The van der Waals surface area contributed by atoms with Crippen molar-refractivity contribution in [3.05, 3.63) is 70.0 Å². The lowest BCUT2D eigenvalue weighted by Gasteiger charge is -2.11. The fourth-order valence-corrected chi connectivity index (χ4v) is 3.51. The number of aromatic amines is 1. The molecule has 3 rings (SSSR count). The maximum atomic E-state index is 13.3. The SMILES string of the molecule is CCNC(=NCCCCn1c(C)cccc1=O)NCCc1c[nH]c2cc(F)ccc12.I. The van der Waals surface area contributed by atoms with Crippen molar-refractivity contribution in [2.75, 3.05) is 19.6 Å². The number of nitrogens with one attached hydrogen (secondary N) is 3. The van der Waals surface area contributed by atoms with E-state index in [1.165, 1.54) is 12.1 Å². The highest BCUT2D eigenvalue weighted by molar-refractivity contribution is 14.0. The second kappa shape index (κ2) is 12.5. The van der Waals surface area contributed by atoms with Crippen LogP contribution in [0.3, 0.4) is 0 Å². The topological polar surface area (TPSA) is 74.2 Å². The van der Waals surface area contributed by atoms with E-state index in [1.807, 2.05) is 32.2 Å². The van der Waals surface area contributed by atoms with Gasteiger partial charge in [0, 0.05) is 55.0 Å². The fraction of sp³-hybridized carbons (Fsp3) is 0.391. The number of aryl methyl sites for hydroxylation is 1. The number of fused-ring (bicyclic) bond motifs is 1. The molecule has 0 amide bonds. The van der Waals surface area contributed by atoms with Crippen molar-refractivity contribution < 1.29 is 4.39 Å². The number of aliphatic imine (C=N–C) groups is 1. The van der Waals surface area contributed by atoms with Crippen molar-refractivity contribution in [2.45, 2.75) is 39.7 Å². The molecule has 0 unspecified atom stereocenters. The smallest absolute Gasteiger partial charge is 0.250 e. The van der Waals surface area contributed by atoms with Crippen LogP contribution in [0.15, 0.2) is 52.4 Å². The molecule has 8 heteroatoms. The third-order valence-corrected chi connectivity index (χ3v) is 5.09. The van der Waals surface area contributed by atoms with Crippen LogP contribution in [0.25, 0.3) is 10.9 Å². The Kier molecular flexibility index (Phi) is 10.0. The molecule has 31 heavy (non-hydrogen) atoms. The zero-order valence-corrected chi connectivity index (χ0v) is 20.4. The lowest BCUT2D eigenvalue weighted by Crippen LogP contribution is -2.38. The van der Waals surface area contributed by atoms with Crippen LogP contribution in [-0.2, 0) is 13.0 Å². The molecule has 2 aromatic heterocycles. The number of unbranched alkanes of at least 4 members (excludes halogenated alkanes) is 1. The average Bonchev–Trinajstić information content (AvgIpc) is 3.11. The third kappa shape index (κ3) is 7.09. The van der Waals surface area contributed by atoms with Crippen molar-refractivity contribution in [2.24, 2.45) is 4.99 Å². The molecule has 1 aromatic carbocycles. The van der Waals surface area contributed by atoms with Gasteiger partial charge in [0.05, 0.1) is 0 Å². The van der Waals surface area contributed by atoms with E-state index in [0.717, 1.165) is 60.5 Å². The highest BCUT2D eigenvalue weighted by Crippen LogP contribution is 2.19. The highest BCUT2D eigenvalue weighted by atomic mass is 127. The van der Waals surface area contributed by atoms with Crippen LogP contribution in [0.5, 0.6) is 0 Å². The van der Waals surface area contributed by atoms with Gasteiger partial charge in [-0.15, -0.1) is 24.0 Å². The van der Waals surface area contributed by atoms with Crippen molar-refractivity contribution in [3.8, 4) is 0 Å². The minimum atomic E-state index is -0.233. The molecule has 3 N–H and O–H groups in total. The van der Waals surface area contributed by atoms with Crippen molar-refractivity contribution in [1.82, 2.24) is 20.2 Å². The van der Waals surface area contributed by atoms with Gasteiger partial charge in [-0.25, -0.2) is 4.39 Å². The number of benzene rings is 1. The summed E-state index contributed by atoms with van der Waals surface area (Å²) in [5, 5.41) is 7.67. The van der Waals surface area contributed by atoms with E-state index in [2.05, 4.69) is 20.6 Å². The summed E-state index contributed by atoms with van der Waals surface area (Å²) >= 11 is 0. The molecule has 0 saturated carbocycles. The van der Waals surface area contributed by atoms with E-state index in [4.69, 9.17) is 0 Å². The molecule has 3 aromatic rings. The van der Waals surface area contributed by atoms with Gasteiger partial charge in [-0.05, 0) is 62.9 Å². The zero-order chi connectivity index (χ0) is 21.3. The molecule has 168 valence electrons. The first kappa shape index (κ1) is 24.9. The number of halogens is 2. The van der Waals surface area contributed by atoms with Crippen LogP contribution in [-0.4, -0.2) is 35.1 Å². The largest absolute Gasteiger partial charge is 0.361 e. The Morgan fingerprint density at radius 1 is 1.19 bits per heavy atom. The summed E-state index contributed by atoms with van der Waals surface area (Å²) in [6, 6.07) is 10.2. The summed E-state index contributed by atoms with van der Waals surface area (Å²) in [5.41, 5.74) is 3.00. The molecule has 6 nitrogen and oxygen atoms in total. The number of aromatic nitrogens is 2. The Hall–Kier alpha value is -2.36. The van der Waals surface area contributed by atoms with Crippen LogP contribution in [0.1, 0.15) is 31.0 Å². The molecule has 0 fully saturated rings. The molecular formula is C23H31FIN5O. The molecule has 0 bridgehead atoms. The van der Waals surface area contributed by atoms with Crippen LogP contribution < -0.4 is 16.2 Å². The van der Waals surface area contributed by atoms with E-state index >= 15 is 0 Å². The molecule has 0 aliphatic carbocycles. The Labute approximate surface area is 199 Å². The van der Waals surface area contributed by atoms with E-state index in [9.17, 15) is 9.18 Å². The first-order valence-corrected chi connectivity index (χ1v) is 10.5. The predicted octanol–water partition coefficient (Wildman–Crippen LogP) is 3.97. The van der Waals surface area contributed by atoms with E-state index in [0.29, 0.717) is 13.1 Å². The van der Waals surface area contributed by atoms with Crippen molar-refractivity contribution in [1.29, 1.82) is 0 Å². The van der Waals surface area contributed by atoms with Gasteiger partial charge in [0.15, 0.2) is 5.96 Å². The second-order valence-corrected chi connectivity index (χ2v) is 7.31. The number of nitrogens with zero attached hydrogens (tertiary/aromatic N) is 2. The predicted molar refractivity (Wildman–Crippen MR) is 136 cm³/mol. The maximum absolute atomic E-state index is 13.3. The summed E-state index contributed by atoms with van der Waals surface area (Å²) < 4.78 is 15.1. The average molecular weight is 539 g/mol. The van der Waals surface area contributed by atoms with Crippen molar-refractivity contribution in [3.63, 3.8) is 0 Å². The van der Waals surface area contributed by atoms with Gasteiger partial charge in [-0.1, -0.05) is 6.07 Å². The van der Waals surface area contributed by atoms with Gasteiger partial charge in [0.2, 0.25) is 0 Å². The fourth-order valence-electron chi connectivity index (χ4n) is 3.51. The highest BCUT2D eigenvalue weighted by Gasteiger charge is 2.05. The number of rotatable bonds is 9. The Bertz CT molecular complexity index is 1060. The molecule has 0 atom stereocenters. The van der Waals surface area contributed by atoms with Gasteiger partial charge in [-0.3, -0.25) is 9.79 Å². The molecule has 2 heterocycles. The molecule has 0 radical (unpaired) electrons. The van der Waals surface area contributed by atoms with E-state index in [-0.39, 0.29) is 35.4 Å². The number of hydrogen-bond donors (Lipinski definition) is 3. The normalized spacial score (nSPS) is 11.4. The zero-order valence-electron chi connectivity index (χ0n) is 18.1. The lowest BCUT2D eigenvalue weighted by atomic mass is 10.1. The summed E-state index contributed by atoms with van der Waals surface area (Å²) in [4.78, 5) is 19.7. The number of hydrogen-bond acceptors (Lipinski definition) is 2. The number of H-pyrrole nitrogens is 1. The quantitative estimate of drug-likeness (QED) is 0.167. The van der Waals surface area contributed by atoms with Crippen LogP contribution in [0.4, 0.5) is 4.39 Å². The van der Waals surface area contributed by atoms with E-state index in [1.54, 1.807) is 16.7 Å². The van der Waals surface area contributed by atoms with E-state index < -0.39 is 0 Å². The number of pyridine rings is 1. The van der Waals surface area contributed by atoms with Gasteiger partial charge < -0.3 is 20.2 Å². The van der Waals surface area contributed by atoms with Crippen LogP contribution >= 0.6 is 24.0 Å². The Balaban J connectivity index is 0.00000341. The minimum absolute atomic E-state index is 0. The first-order valence-electron chi connectivity index (χ1n) is 10.5. The summed E-state index contributed by atoms with van der Waals surface area (Å²) in [6.45, 7) is 6.92. The van der Waals surface area contributed by atoms with Gasteiger partial charge >= 0.3 is 0 Å². The van der Waals surface area contributed by atoms with Crippen LogP contribution in [0, 0.1) is 12.7 Å². The maximum Gasteiger partial charge on any atom is 0.250 e. The molecule has 0 spiro atoms. The molecule has 0 aliphatic heterocycles. The lowest BCUT2D eigenvalue weighted by molar-refractivity contribution is 0.585. The summed E-state index contributed by atoms with van der Waals surface area (Å²) in [5.74, 6) is 0.555. The third-order valence-electron chi connectivity index (χ3n) is 5.09. The Morgan fingerprint density at radius 2 is 2.03 bits per heavy atom. The van der Waals surface area contributed by atoms with Crippen LogP contribution in [0.2, 0.25) is 0 Å². The standard InChI is InChI=1S/C23H30FN5O.HI/c1-3-25-23(26-12-4-5-14-29-17(2)7-6-8-22(29)30)27-13-11-18-16-28-21-15-19(24)9-10-20(18)21;/h6-10,15-16,28H,3-5,11-14H2,1-2H3,(H2,25,26,27);1H. The first-order chi connectivity index (χ1) is 14.6. The van der Waals surface area contributed by atoms with Crippen molar-refractivity contribution >= 4 is 40.8 Å².